The van der Waals surface area contributed by atoms with Gasteiger partial charge in [0.15, 0.2) is 0 Å². The lowest BCUT2D eigenvalue weighted by atomic mass is 9.96. The van der Waals surface area contributed by atoms with Crippen LogP contribution in [0.5, 0.6) is 17.2 Å². The molecule has 19 heteroatoms. The van der Waals surface area contributed by atoms with Crippen LogP contribution in [0.1, 0.15) is 68.6 Å². The van der Waals surface area contributed by atoms with Crippen molar-refractivity contribution < 1.29 is 45.3 Å². The number of halogens is 6. The number of aromatic nitrogens is 4. The van der Waals surface area contributed by atoms with Crippen molar-refractivity contribution in [1.29, 1.82) is 0 Å². The van der Waals surface area contributed by atoms with Crippen LogP contribution in [0, 0.1) is 17.9 Å². The molecule has 63 heavy (non-hydrogen) atoms. The Morgan fingerprint density at radius 2 is 1.41 bits per heavy atom. The summed E-state index contributed by atoms with van der Waals surface area (Å²) in [4.78, 5) is 8.39. The number of hydrogen-bond acceptors (Lipinski definition) is 10. The SMILES string of the molecule is CNCCN(C)Cc1[nH]ncc1-c1cc(C(F)(F)F)c(OCCC(C)C)cc1C#[N+]CNCCN(C)Cc1[nH]ncc1-c1cc(C(F)(F)F)c(OCC(C)C)cc1OC1CCOC1. The third kappa shape index (κ3) is 14.3. The van der Waals surface area contributed by atoms with Gasteiger partial charge in [0.1, 0.15) is 28.9 Å². The van der Waals surface area contributed by atoms with Crippen molar-refractivity contribution in [3.8, 4) is 45.6 Å². The molecule has 1 aliphatic heterocycles. The molecule has 0 spiro atoms. The lowest BCUT2D eigenvalue weighted by Gasteiger charge is -2.22. The van der Waals surface area contributed by atoms with E-state index in [0.717, 1.165) is 18.7 Å². The van der Waals surface area contributed by atoms with Crippen molar-refractivity contribution in [3.05, 3.63) is 69.6 Å². The highest BCUT2D eigenvalue weighted by Gasteiger charge is 2.38. The van der Waals surface area contributed by atoms with Crippen molar-refractivity contribution in [3.63, 3.8) is 0 Å². The molecule has 1 fully saturated rings. The number of aromatic amines is 2. The number of likely N-dealkylation sites (N-methyl/N-ethyl adjacent to an activating group) is 3. The van der Waals surface area contributed by atoms with Crippen LogP contribution < -0.4 is 24.8 Å². The second kappa shape index (κ2) is 22.7. The molecule has 0 amide bonds. The molecule has 2 aromatic carbocycles. The number of H-pyrrole nitrogens is 2. The molecule has 3 heterocycles. The van der Waals surface area contributed by atoms with Gasteiger partial charge in [-0.15, -0.1) is 0 Å². The summed E-state index contributed by atoms with van der Waals surface area (Å²) in [6.45, 7) is 11.8. The maximum absolute atomic E-state index is 14.5. The standard InChI is InChI=1S/C44H59F6N9O4/c1-28(2)8-15-61-41-16-30(32(17-36(41)43(45,46)47)34-21-54-56-38(34)23-58(6)12-10-51-5)20-53-27-52-11-13-59(7)24-39-35(22-55-57-39)33-18-37(44(48,49)50)42(62-25-29(3)4)19-40(33)63-31-9-14-60-26-31/h16-19,21-22,28-29,31,51-52H,8-15,23-27H2,1-7H3,(H,55,57)/p+1. The predicted octanol–water partition coefficient (Wildman–Crippen LogP) is 8.14. The summed E-state index contributed by atoms with van der Waals surface area (Å²) in [5, 5.41) is 20.6. The summed E-state index contributed by atoms with van der Waals surface area (Å²) >= 11 is 0. The smallest absolute Gasteiger partial charge is 0.419 e. The normalized spacial score (nSPS) is 14.6. The van der Waals surface area contributed by atoms with Crippen molar-refractivity contribution >= 4 is 0 Å². The van der Waals surface area contributed by atoms with E-state index in [0.29, 0.717) is 86.9 Å². The molecule has 2 aromatic heterocycles. The topological polar surface area (TPSA) is 129 Å². The van der Waals surface area contributed by atoms with Crippen molar-refractivity contribution in [2.24, 2.45) is 11.8 Å². The van der Waals surface area contributed by atoms with Crippen LogP contribution in [0.3, 0.4) is 0 Å². The summed E-state index contributed by atoms with van der Waals surface area (Å²) in [5.41, 5.74) is 1.15. The van der Waals surface area contributed by atoms with Gasteiger partial charge in [-0.25, -0.2) is 5.32 Å². The molecule has 13 nitrogen and oxygen atoms in total. The van der Waals surface area contributed by atoms with Gasteiger partial charge in [0, 0.05) is 80.1 Å². The van der Waals surface area contributed by atoms with Gasteiger partial charge in [0.25, 0.3) is 0 Å². The van der Waals surface area contributed by atoms with Gasteiger partial charge < -0.3 is 24.3 Å². The Kier molecular flexibility index (Phi) is 17.7. The van der Waals surface area contributed by atoms with Crippen molar-refractivity contribution in [1.82, 2.24) is 40.8 Å². The van der Waals surface area contributed by atoms with Crippen LogP contribution in [0.4, 0.5) is 26.3 Å². The Bertz CT molecular complexity index is 2120. The zero-order valence-corrected chi connectivity index (χ0v) is 37.0. The van der Waals surface area contributed by atoms with Crippen LogP contribution in [0.2, 0.25) is 0 Å². The first-order valence-electron chi connectivity index (χ1n) is 21.1. The van der Waals surface area contributed by atoms with E-state index in [1.165, 1.54) is 24.5 Å². The van der Waals surface area contributed by atoms with E-state index < -0.39 is 23.5 Å². The molecule has 5 rings (SSSR count). The molecule has 4 aromatic rings. The van der Waals surface area contributed by atoms with Crippen LogP contribution in [-0.4, -0.2) is 117 Å². The molecule has 1 unspecified atom stereocenters. The Morgan fingerprint density at radius 3 is 1.98 bits per heavy atom. The summed E-state index contributed by atoms with van der Waals surface area (Å²) in [7, 11) is 5.61. The van der Waals surface area contributed by atoms with E-state index in [4.69, 9.17) is 18.9 Å². The van der Waals surface area contributed by atoms with Crippen LogP contribution in [0.15, 0.2) is 36.7 Å². The first-order chi connectivity index (χ1) is 29.9. The average molecular weight is 893 g/mol. The van der Waals surface area contributed by atoms with Crippen molar-refractivity contribution in [2.45, 2.75) is 72.1 Å². The summed E-state index contributed by atoms with van der Waals surface area (Å²) in [6.07, 6.45) is -5.55. The zero-order chi connectivity index (χ0) is 45.7. The Labute approximate surface area is 365 Å². The number of nitrogens with zero attached hydrogens (tertiary/aromatic N) is 5. The van der Waals surface area contributed by atoms with Gasteiger partial charge in [0.2, 0.25) is 0 Å². The predicted molar refractivity (Wildman–Crippen MR) is 229 cm³/mol. The molecular formula is C44H60F6N9O4+. The second-order valence-corrected chi connectivity index (χ2v) is 16.6. The highest BCUT2D eigenvalue weighted by atomic mass is 19.4. The van der Waals surface area contributed by atoms with Gasteiger partial charge in [0.05, 0.1) is 61.3 Å². The third-order valence-corrected chi connectivity index (χ3v) is 10.2. The fourth-order valence-corrected chi connectivity index (χ4v) is 6.75. The molecule has 0 saturated carbocycles. The van der Waals surface area contributed by atoms with Gasteiger partial charge in [-0.3, -0.25) is 20.0 Å². The number of ether oxygens (including phenoxy) is 4. The minimum Gasteiger partial charge on any atom is -0.493 e. The minimum atomic E-state index is -4.69. The Morgan fingerprint density at radius 1 is 0.810 bits per heavy atom. The maximum Gasteiger partial charge on any atom is 0.419 e. The molecular weight excluding hydrogens is 833 g/mol. The number of benzene rings is 2. The molecule has 1 atom stereocenters. The maximum atomic E-state index is 14.5. The van der Waals surface area contributed by atoms with E-state index in [-0.39, 0.29) is 66.2 Å². The number of alkyl halides is 6. The van der Waals surface area contributed by atoms with Gasteiger partial charge >= 0.3 is 25.1 Å². The lowest BCUT2D eigenvalue weighted by molar-refractivity contribution is -0.139. The van der Waals surface area contributed by atoms with Crippen LogP contribution in [-0.2, 0) is 30.2 Å². The van der Waals surface area contributed by atoms with Crippen LogP contribution >= 0.6 is 0 Å². The Balaban J connectivity index is 1.32. The van der Waals surface area contributed by atoms with E-state index >= 15 is 0 Å². The molecule has 1 saturated heterocycles. The van der Waals surface area contributed by atoms with E-state index in [1.54, 1.807) is 0 Å². The molecule has 0 radical (unpaired) electrons. The number of hydrogen-bond donors (Lipinski definition) is 4. The summed E-state index contributed by atoms with van der Waals surface area (Å²) in [6, 6.07) is 7.75. The lowest BCUT2D eigenvalue weighted by Crippen LogP contribution is -2.29. The summed E-state index contributed by atoms with van der Waals surface area (Å²) in [5.74, 6) is -0.133. The summed E-state index contributed by atoms with van der Waals surface area (Å²) < 4.78 is 110. The first kappa shape index (κ1) is 49.2. The largest absolute Gasteiger partial charge is 0.493 e. The fraction of sp³-hybridized carbons (Fsp3) is 0.568. The van der Waals surface area contributed by atoms with Gasteiger partial charge in [-0.2, -0.15) is 36.5 Å². The van der Waals surface area contributed by atoms with E-state index in [1.807, 2.05) is 58.6 Å². The van der Waals surface area contributed by atoms with Gasteiger partial charge in [-0.05, 0) is 51.5 Å². The Hall–Kier alpha value is -4.87. The first-order valence-corrected chi connectivity index (χ1v) is 21.1. The molecule has 4 N–H and O–H groups in total. The zero-order valence-electron chi connectivity index (χ0n) is 37.0. The van der Waals surface area contributed by atoms with Gasteiger partial charge in [-0.1, -0.05) is 32.5 Å². The molecule has 346 valence electrons. The van der Waals surface area contributed by atoms with Crippen molar-refractivity contribution in [2.75, 3.05) is 80.4 Å². The monoisotopic (exact) mass is 892 g/mol. The van der Waals surface area contributed by atoms with Crippen LogP contribution in [0.25, 0.3) is 27.1 Å². The van der Waals surface area contributed by atoms with E-state index in [9.17, 15) is 26.3 Å². The average Bonchev–Trinajstić information content (AvgIpc) is 4.00. The molecule has 1 aliphatic rings. The highest BCUT2D eigenvalue weighted by molar-refractivity contribution is 5.76. The second-order valence-electron chi connectivity index (χ2n) is 16.6. The number of nitrogens with one attached hydrogen (secondary N) is 4. The third-order valence-electron chi connectivity index (χ3n) is 10.2. The highest BCUT2D eigenvalue weighted by Crippen LogP contribution is 2.45. The quantitative estimate of drug-likeness (QED) is 0.0454. The van der Waals surface area contributed by atoms with E-state index in [2.05, 4.69) is 41.9 Å². The molecule has 0 bridgehead atoms. The fourth-order valence-electron chi connectivity index (χ4n) is 6.75. The molecule has 0 aliphatic carbocycles. The minimum absolute atomic E-state index is 0.000278. The number of rotatable bonds is 22.